The summed E-state index contributed by atoms with van der Waals surface area (Å²) in [6.07, 6.45) is 2.99. The van der Waals surface area contributed by atoms with Crippen molar-refractivity contribution < 1.29 is 4.79 Å². The predicted octanol–water partition coefficient (Wildman–Crippen LogP) is 3.02. The predicted molar refractivity (Wildman–Crippen MR) is 83.7 cm³/mol. The van der Waals surface area contributed by atoms with E-state index >= 15 is 0 Å². The van der Waals surface area contributed by atoms with Crippen molar-refractivity contribution in [1.29, 1.82) is 0 Å². The van der Waals surface area contributed by atoms with Crippen LogP contribution in [0, 0.1) is 6.92 Å². The second-order valence-corrected chi connectivity index (χ2v) is 7.26. The molecule has 3 nitrogen and oxygen atoms in total. The lowest BCUT2D eigenvalue weighted by atomic mass is 10.2. The molecule has 1 saturated heterocycles. The van der Waals surface area contributed by atoms with E-state index in [-0.39, 0.29) is 24.2 Å². The van der Waals surface area contributed by atoms with Gasteiger partial charge in [-0.3, -0.25) is 10.1 Å². The maximum absolute atomic E-state index is 12.5. The first kappa shape index (κ1) is 14.9. The van der Waals surface area contributed by atoms with Crippen LogP contribution >= 0.6 is 23.1 Å². The van der Waals surface area contributed by atoms with Crippen molar-refractivity contribution in [1.82, 2.24) is 10.2 Å². The number of thioether (sulfide) groups is 1. The fourth-order valence-electron chi connectivity index (χ4n) is 2.55. The van der Waals surface area contributed by atoms with Gasteiger partial charge in [0.05, 0.1) is 6.04 Å². The van der Waals surface area contributed by atoms with Gasteiger partial charge in [0.25, 0.3) is 0 Å². The molecular weight excluding hydrogens is 276 g/mol. The van der Waals surface area contributed by atoms with E-state index in [0.717, 1.165) is 12.2 Å². The molecule has 0 spiro atoms. The fraction of sp³-hybridized carbons (Fsp3) is 0.643. The van der Waals surface area contributed by atoms with Gasteiger partial charge in [0.15, 0.2) is 0 Å². The van der Waals surface area contributed by atoms with E-state index in [0.29, 0.717) is 0 Å². The lowest BCUT2D eigenvalue weighted by Gasteiger charge is -2.29. The summed E-state index contributed by atoms with van der Waals surface area (Å²) < 4.78 is 0. The first-order valence-electron chi connectivity index (χ1n) is 6.72. The largest absolute Gasteiger partial charge is 0.317 e. The molecule has 3 atom stereocenters. The molecule has 106 valence electrons. The minimum Gasteiger partial charge on any atom is -0.317 e. The summed E-state index contributed by atoms with van der Waals surface area (Å²) in [4.78, 5) is 17.1. The van der Waals surface area contributed by atoms with Gasteiger partial charge < -0.3 is 4.90 Å². The number of rotatable bonds is 5. The Morgan fingerprint density at radius 3 is 2.79 bits per heavy atom. The number of hydrogen-bond acceptors (Lipinski definition) is 4. The second kappa shape index (κ2) is 6.29. The van der Waals surface area contributed by atoms with E-state index in [9.17, 15) is 4.79 Å². The van der Waals surface area contributed by atoms with Crippen LogP contribution < -0.4 is 5.32 Å². The van der Waals surface area contributed by atoms with Gasteiger partial charge in [-0.15, -0.1) is 11.3 Å². The molecule has 0 aromatic carbocycles. The van der Waals surface area contributed by atoms with Crippen LogP contribution in [0.25, 0.3) is 0 Å². The monoisotopic (exact) mass is 298 g/mol. The fourth-order valence-corrected chi connectivity index (χ4v) is 4.13. The molecule has 1 aliphatic rings. The van der Waals surface area contributed by atoms with Gasteiger partial charge in [0, 0.05) is 21.5 Å². The highest BCUT2D eigenvalue weighted by Crippen LogP contribution is 2.33. The Kier molecular flexibility index (Phi) is 4.92. The Morgan fingerprint density at radius 2 is 2.26 bits per heavy atom. The zero-order valence-electron chi connectivity index (χ0n) is 12.0. The average molecular weight is 298 g/mol. The number of amides is 1. The molecule has 2 rings (SSSR count). The van der Waals surface area contributed by atoms with Crippen molar-refractivity contribution in [2.24, 2.45) is 0 Å². The minimum absolute atomic E-state index is 0.0308. The SMILES string of the molecule is CCC1NC(c2ccc(C)s2)N(C(C)CSC)C1=O. The number of nitrogens with one attached hydrogen (secondary N) is 1. The van der Waals surface area contributed by atoms with Crippen LogP contribution in [0.2, 0.25) is 0 Å². The van der Waals surface area contributed by atoms with Crippen LogP contribution in [0.15, 0.2) is 12.1 Å². The molecular formula is C14H22N2OS2. The van der Waals surface area contributed by atoms with Gasteiger partial charge in [-0.1, -0.05) is 6.92 Å². The summed E-state index contributed by atoms with van der Waals surface area (Å²) in [6, 6.07) is 4.50. The third-order valence-electron chi connectivity index (χ3n) is 3.51. The smallest absolute Gasteiger partial charge is 0.241 e. The van der Waals surface area contributed by atoms with Crippen LogP contribution in [0.5, 0.6) is 0 Å². The first-order chi connectivity index (χ1) is 9.08. The van der Waals surface area contributed by atoms with Crippen LogP contribution in [0.4, 0.5) is 0 Å². The topological polar surface area (TPSA) is 32.3 Å². The summed E-state index contributed by atoms with van der Waals surface area (Å²) in [7, 11) is 0. The zero-order valence-corrected chi connectivity index (χ0v) is 13.6. The summed E-state index contributed by atoms with van der Waals surface area (Å²) in [5.74, 6) is 1.23. The Bertz CT molecular complexity index is 446. The van der Waals surface area contributed by atoms with Crippen LogP contribution in [0.3, 0.4) is 0 Å². The molecule has 1 amide bonds. The second-order valence-electron chi connectivity index (χ2n) is 5.03. The highest BCUT2D eigenvalue weighted by molar-refractivity contribution is 7.98. The molecule has 5 heteroatoms. The van der Waals surface area contributed by atoms with E-state index in [1.54, 1.807) is 23.1 Å². The summed E-state index contributed by atoms with van der Waals surface area (Å²) in [5, 5.41) is 3.49. The highest BCUT2D eigenvalue weighted by atomic mass is 32.2. The molecule has 1 N–H and O–H groups in total. The Labute approximate surface area is 123 Å². The van der Waals surface area contributed by atoms with Gasteiger partial charge in [-0.25, -0.2) is 0 Å². The van der Waals surface area contributed by atoms with Gasteiger partial charge in [0.2, 0.25) is 5.91 Å². The summed E-state index contributed by atoms with van der Waals surface area (Å²) in [6.45, 7) is 6.31. The van der Waals surface area contributed by atoms with Crippen molar-refractivity contribution in [2.45, 2.75) is 45.4 Å². The van der Waals surface area contributed by atoms with E-state index in [2.05, 4.69) is 44.5 Å². The zero-order chi connectivity index (χ0) is 14.0. The van der Waals surface area contributed by atoms with Crippen LogP contribution in [-0.2, 0) is 4.79 Å². The first-order valence-corrected chi connectivity index (χ1v) is 8.93. The molecule has 0 bridgehead atoms. The number of aryl methyl sites for hydroxylation is 1. The normalized spacial score (nSPS) is 25.1. The number of carbonyl (C=O) groups is 1. The Hall–Kier alpha value is -0.520. The van der Waals surface area contributed by atoms with E-state index in [1.165, 1.54) is 9.75 Å². The third-order valence-corrected chi connectivity index (χ3v) is 5.38. The van der Waals surface area contributed by atoms with Crippen molar-refractivity contribution in [3.8, 4) is 0 Å². The molecule has 0 aliphatic carbocycles. The Balaban J connectivity index is 2.26. The number of carbonyl (C=O) groups excluding carboxylic acids is 1. The number of nitrogens with zero attached hydrogens (tertiary/aromatic N) is 1. The molecule has 3 unspecified atom stereocenters. The average Bonchev–Trinajstić information content (AvgIpc) is 2.93. The molecule has 1 aliphatic heterocycles. The molecule has 0 saturated carbocycles. The minimum atomic E-state index is -0.0308. The molecule has 2 heterocycles. The standard InChI is InChI=1S/C14H22N2OS2/c1-5-11-14(17)16(9(2)8-18-4)13(15-11)12-7-6-10(3)19-12/h6-7,9,11,13,15H,5,8H2,1-4H3. The lowest BCUT2D eigenvalue weighted by Crippen LogP contribution is -2.39. The van der Waals surface area contributed by atoms with Gasteiger partial charge in [0.1, 0.15) is 6.17 Å². The van der Waals surface area contributed by atoms with Crippen LogP contribution in [0.1, 0.15) is 36.2 Å². The molecule has 1 aromatic rings. The highest BCUT2D eigenvalue weighted by Gasteiger charge is 2.41. The van der Waals surface area contributed by atoms with E-state index < -0.39 is 0 Å². The molecule has 1 fully saturated rings. The van der Waals surface area contributed by atoms with Crippen molar-refractivity contribution in [3.63, 3.8) is 0 Å². The number of thiophene rings is 1. The van der Waals surface area contributed by atoms with Gasteiger partial charge >= 0.3 is 0 Å². The van der Waals surface area contributed by atoms with Gasteiger partial charge in [-0.2, -0.15) is 11.8 Å². The van der Waals surface area contributed by atoms with Crippen molar-refractivity contribution in [2.75, 3.05) is 12.0 Å². The van der Waals surface area contributed by atoms with Crippen molar-refractivity contribution >= 4 is 29.0 Å². The lowest BCUT2D eigenvalue weighted by molar-refractivity contribution is -0.131. The Morgan fingerprint density at radius 1 is 1.53 bits per heavy atom. The summed E-state index contributed by atoms with van der Waals surface area (Å²) in [5.41, 5.74) is 0. The third kappa shape index (κ3) is 2.98. The number of hydrogen-bond donors (Lipinski definition) is 1. The van der Waals surface area contributed by atoms with Crippen molar-refractivity contribution in [3.05, 3.63) is 21.9 Å². The van der Waals surface area contributed by atoms with Gasteiger partial charge in [-0.05, 0) is 38.7 Å². The van der Waals surface area contributed by atoms with E-state index in [4.69, 9.17) is 0 Å². The maximum Gasteiger partial charge on any atom is 0.241 e. The molecule has 19 heavy (non-hydrogen) atoms. The molecule has 1 aromatic heterocycles. The maximum atomic E-state index is 12.5. The van der Waals surface area contributed by atoms with Crippen LogP contribution in [-0.4, -0.2) is 34.9 Å². The van der Waals surface area contributed by atoms with E-state index in [1.807, 2.05) is 4.90 Å². The molecule has 0 radical (unpaired) electrons. The quantitative estimate of drug-likeness (QED) is 0.907. The summed E-state index contributed by atoms with van der Waals surface area (Å²) >= 11 is 3.57.